The van der Waals surface area contributed by atoms with Crippen LogP contribution < -0.4 is 10.1 Å². The summed E-state index contributed by atoms with van der Waals surface area (Å²) in [6.45, 7) is 3.76. The number of hydrogen-bond donors (Lipinski definition) is 1. The third-order valence-corrected chi connectivity index (χ3v) is 5.39. The van der Waals surface area contributed by atoms with Gasteiger partial charge in [-0.15, -0.1) is 5.10 Å². The summed E-state index contributed by atoms with van der Waals surface area (Å²) in [4.78, 5) is 27.0. The lowest BCUT2D eigenvalue weighted by molar-refractivity contribution is -0.130. The van der Waals surface area contributed by atoms with Crippen molar-refractivity contribution in [3.05, 3.63) is 35.7 Å². The van der Waals surface area contributed by atoms with Crippen molar-refractivity contribution in [2.24, 2.45) is 0 Å². The summed E-state index contributed by atoms with van der Waals surface area (Å²) in [5.74, 6) is 1.39. The van der Waals surface area contributed by atoms with E-state index in [9.17, 15) is 9.59 Å². The van der Waals surface area contributed by atoms with Gasteiger partial charge >= 0.3 is 0 Å². The Bertz CT molecular complexity index is 853. The molecule has 9 heteroatoms. The molecule has 1 saturated heterocycles. The Kier molecular flexibility index (Phi) is 7.75. The van der Waals surface area contributed by atoms with Crippen LogP contribution in [-0.2, 0) is 16.0 Å². The molecule has 0 saturated carbocycles. The first kappa shape index (κ1) is 21.7. The highest BCUT2D eigenvalue weighted by atomic mass is 16.5. The molecule has 0 aliphatic carbocycles. The van der Waals surface area contributed by atoms with E-state index in [2.05, 4.69) is 20.8 Å². The summed E-state index contributed by atoms with van der Waals surface area (Å²) in [6, 6.07) is 7.06. The first-order valence-electron chi connectivity index (χ1n) is 10.5. The van der Waals surface area contributed by atoms with Gasteiger partial charge in [-0.05, 0) is 54.3 Å². The minimum Gasteiger partial charge on any atom is -0.497 e. The van der Waals surface area contributed by atoms with Crippen LogP contribution in [0.4, 0.5) is 0 Å². The second-order valence-corrected chi connectivity index (χ2v) is 7.58. The molecule has 1 fully saturated rings. The highest BCUT2D eigenvalue weighted by molar-refractivity contribution is 5.80. The van der Waals surface area contributed by atoms with E-state index in [4.69, 9.17) is 4.74 Å². The Labute approximate surface area is 176 Å². The van der Waals surface area contributed by atoms with Crippen LogP contribution in [0, 0.1) is 6.92 Å². The molecule has 0 unspecified atom stereocenters. The fourth-order valence-corrected chi connectivity index (χ4v) is 3.71. The molecule has 162 valence electrons. The molecule has 0 spiro atoms. The van der Waals surface area contributed by atoms with Crippen LogP contribution in [0.5, 0.6) is 5.75 Å². The summed E-state index contributed by atoms with van der Waals surface area (Å²) in [5, 5.41) is 14.6. The van der Waals surface area contributed by atoms with Crippen molar-refractivity contribution in [1.82, 2.24) is 30.4 Å². The van der Waals surface area contributed by atoms with Crippen molar-refractivity contribution in [1.29, 1.82) is 0 Å². The van der Waals surface area contributed by atoms with Crippen LogP contribution in [0.15, 0.2) is 24.3 Å². The number of carbonyl (C=O) groups is 2. The molecule has 0 radical (unpaired) electrons. The minimum atomic E-state index is -0.563. The number of hydrogen-bond acceptors (Lipinski definition) is 6. The maximum Gasteiger partial charge on any atom is 0.245 e. The molecule has 2 aromatic rings. The number of nitrogens with zero attached hydrogens (tertiary/aromatic N) is 5. The summed E-state index contributed by atoms with van der Waals surface area (Å²) < 4.78 is 6.83. The second kappa shape index (κ2) is 10.7. The average Bonchev–Trinajstić information content (AvgIpc) is 3.07. The Hall–Kier alpha value is -2.97. The second-order valence-electron chi connectivity index (χ2n) is 7.58. The van der Waals surface area contributed by atoms with Gasteiger partial charge in [-0.3, -0.25) is 9.59 Å². The Morgan fingerprint density at radius 2 is 2.17 bits per heavy atom. The monoisotopic (exact) mass is 414 g/mol. The maximum absolute atomic E-state index is 13.0. The van der Waals surface area contributed by atoms with Gasteiger partial charge in [-0.1, -0.05) is 18.6 Å². The van der Waals surface area contributed by atoms with Crippen molar-refractivity contribution < 1.29 is 14.3 Å². The summed E-state index contributed by atoms with van der Waals surface area (Å²) in [7, 11) is 1.61. The van der Waals surface area contributed by atoms with E-state index in [-0.39, 0.29) is 11.8 Å². The number of methoxy groups -OCH3 is 1. The van der Waals surface area contributed by atoms with Gasteiger partial charge in [0.1, 0.15) is 17.6 Å². The summed E-state index contributed by atoms with van der Waals surface area (Å²) in [6.07, 6.45) is 4.93. The fourth-order valence-electron chi connectivity index (χ4n) is 3.71. The quantitative estimate of drug-likeness (QED) is 0.627. The fraction of sp³-hybridized carbons (Fsp3) is 0.571. The number of amides is 2. The third kappa shape index (κ3) is 5.77. The molecule has 9 nitrogen and oxygen atoms in total. The van der Waals surface area contributed by atoms with E-state index >= 15 is 0 Å². The van der Waals surface area contributed by atoms with Gasteiger partial charge in [0.25, 0.3) is 0 Å². The smallest absolute Gasteiger partial charge is 0.245 e. The topological polar surface area (TPSA) is 102 Å². The number of aromatic nitrogens is 4. The molecule has 1 aromatic carbocycles. The van der Waals surface area contributed by atoms with E-state index in [0.29, 0.717) is 31.8 Å². The Balaban J connectivity index is 1.59. The standard InChI is InChI=1S/C21H30N6O3/c1-16-23-24-25-27(16)19(15-17-8-6-9-18(14-17)30-2)21(29)22-11-7-13-26-12-5-3-4-10-20(26)28/h6,8-9,14,19H,3-5,7,10-13,15H2,1-2H3,(H,22,29)/t19-/m0/s1. The third-order valence-electron chi connectivity index (χ3n) is 5.39. The van der Waals surface area contributed by atoms with Gasteiger partial charge in [0.05, 0.1) is 7.11 Å². The van der Waals surface area contributed by atoms with Crippen molar-refractivity contribution in [2.45, 2.75) is 51.5 Å². The minimum absolute atomic E-state index is 0.143. The van der Waals surface area contributed by atoms with Crippen LogP contribution in [0.25, 0.3) is 0 Å². The van der Waals surface area contributed by atoms with Crippen LogP contribution >= 0.6 is 0 Å². The van der Waals surface area contributed by atoms with E-state index in [1.165, 1.54) is 0 Å². The van der Waals surface area contributed by atoms with Gasteiger partial charge < -0.3 is 15.0 Å². The zero-order valence-corrected chi connectivity index (χ0v) is 17.7. The molecular formula is C21H30N6O3. The maximum atomic E-state index is 13.0. The van der Waals surface area contributed by atoms with Crippen molar-refractivity contribution in [2.75, 3.05) is 26.7 Å². The largest absolute Gasteiger partial charge is 0.497 e. The zero-order valence-electron chi connectivity index (χ0n) is 17.7. The van der Waals surface area contributed by atoms with Crippen LogP contribution in [-0.4, -0.2) is 63.7 Å². The average molecular weight is 415 g/mol. The van der Waals surface area contributed by atoms with Crippen LogP contribution in [0.3, 0.4) is 0 Å². The molecule has 2 heterocycles. The summed E-state index contributed by atoms with van der Waals surface area (Å²) in [5.41, 5.74) is 0.958. The van der Waals surface area contributed by atoms with E-state index in [0.717, 1.165) is 43.5 Å². The molecule has 0 bridgehead atoms. The SMILES string of the molecule is COc1cccc(C[C@@H](C(=O)NCCCN2CCCCCC2=O)n2nnnc2C)c1. The van der Waals surface area contributed by atoms with Crippen molar-refractivity contribution >= 4 is 11.8 Å². The molecule has 1 atom stereocenters. The summed E-state index contributed by atoms with van der Waals surface area (Å²) >= 11 is 0. The predicted molar refractivity (Wildman–Crippen MR) is 111 cm³/mol. The molecule has 1 aromatic heterocycles. The van der Waals surface area contributed by atoms with Crippen LogP contribution in [0.2, 0.25) is 0 Å². The number of likely N-dealkylation sites (tertiary alicyclic amines) is 1. The number of tetrazole rings is 1. The van der Waals surface area contributed by atoms with E-state index in [1.54, 1.807) is 18.7 Å². The molecular weight excluding hydrogens is 384 g/mol. The van der Waals surface area contributed by atoms with Crippen LogP contribution in [0.1, 0.15) is 49.5 Å². The number of carbonyl (C=O) groups excluding carboxylic acids is 2. The lowest BCUT2D eigenvalue weighted by Gasteiger charge is -2.21. The highest BCUT2D eigenvalue weighted by Gasteiger charge is 2.24. The molecule has 1 aliphatic rings. The number of rotatable bonds is 9. The Morgan fingerprint density at radius 3 is 2.93 bits per heavy atom. The Morgan fingerprint density at radius 1 is 1.30 bits per heavy atom. The molecule has 2 amide bonds. The lowest BCUT2D eigenvalue weighted by atomic mass is 10.0. The van der Waals surface area contributed by atoms with Gasteiger partial charge in [-0.25, -0.2) is 4.68 Å². The molecule has 1 N–H and O–H groups in total. The van der Waals surface area contributed by atoms with Gasteiger partial charge in [0, 0.05) is 32.5 Å². The number of benzene rings is 1. The number of aryl methyl sites for hydroxylation is 1. The molecule has 30 heavy (non-hydrogen) atoms. The lowest BCUT2D eigenvalue weighted by Crippen LogP contribution is -2.37. The normalized spacial score (nSPS) is 15.5. The number of nitrogens with one attached hydrogen (secondary N) is 1. The molecule has 3 rings (SSSR count). The predicted octanol–water partition coefficient (Wildman–Crippen LogP) is 1.68. The first-order chi connectivity index (χ1) is 14.6. The zero-order chi connectivity index (χ0) is 21.3. The number of ether oxygens (including phenoxy) is 1. The van der Waals surface area contributed by atoms with Gasteiger partial charge in [-0.2, -0.15) is 0 Å². The van der Waals surface area contributed by atoms with Crippen molar-refractivity contribution in [3.8, 4) is 5.75 Å². The van der Waals surface area contributed by atoms with Gasteiger partial charge in [0.15, 0.2) is 0 Å². The van der Waals surface area contributed by atoms with E-state index in [1.807, 2.05) is 29.2 Å². The molecule has 1 aliphatic heterocycles. The van der Waals surface area contributed by atoms with E-state index < -0.39 is 6.04 Å². The first-order valence-corrected chi connectivity index (χ1v) is 10.5. The highest BCUT2D eigenvalue weighted by Crippen LogP contribution is 2.19. The van der Waals surface area contributed by atoms with Crippen molar-refractivity contribution in [3.63, 3.8) is 0 Å². The van der Waals surface area contributed by atoms with Gasteiger partial charge in [0.2, 0.25) is 11.8 Å².